The van der Waals surface area contributed by atoms with E-state index in [1.165, 1.54) is 11.5 Å². The van der Waals surface area contributed by atoms with E-state index in [0.29, 0.717) is 6.04 Å². The first kappa shape index (κ1) is 12.8. The molecule has 1 unspecified atom stereocenters. The fourth-order valence-corrected chi connectivity index (χ4v) is 2.27. The molecule has 0 amide bonds. The molecule has 0 fully saturated rings. The maximum Gasteiger partial charge on any atom is 0.143 e. The first-order valence-corrected chi connectivity index (χ1v) is 6.98. The standard InChI is InChI=1S/C10H16BrN3S/c1-3-15-5-4-8(2)14-10-9(11)6-12-7-13-10/h6-8H,3-5H2,1-2H3,(H,12,13,14). The summed E-state index contributed by atoms with van der Waals surface area (Å²) >= 11 is 5.38. The molecule has 1 atom stereocenters. The van der Waals surface area contributed by atoms with Gasteiger partial charge in [0.2, 0.25) is 0 Å². The third kappa shape index (κ3) is 4.84. The lowest BCUT2D eigenvalue weighted by molar-refractivity contribution is 0.764. The molecule has 84 valence electrons. The van der Waals surface area contributed by atoms with Crippen molar-refractivity contribution in [2.45, 2.75) is 26.3 Å². The summed E-state index contributed by atoms with van der Waals surface area (Å²) in [5, 5.41) is 3.36. The van der Waals surface area contributed by atoms with Gasteiger partial charge in [-0.15, -0.1) is 0 Å². The number of nitrogens with one attached hydrogen (secondary N) is 1. The number of rotatable bonds is 6. The number of thioether (sulfide) groups is 1. The highest BCUT2D eigenvalue weighted by molar-refractivity contribution is 9.10. The van der Waals surface area contributed by atoms with Crippen LogP contribution < -0.4 is 5.32 Å². The summed E-state index contributed by atoms with van der Waals surface area (Å²) in [6, 6.07) is 0.440. The van der Waals surface area contributed by atoms with Crippen LogP contribution >= 0.6 is 27.7 Å². The van der Waals surface area contributed by atoms with Gasteiger partial charge in [-0.3, -0.25) is 0 Å². The Morgan fingerprint density at radius 1 is 1.60 bits per heavy atom. The van der Waals surface area contributed by atoms with Gasteiger partial charge in [0.25, 0.3) is 0 Å². The van der Waals surface area contributed by atoms with Crippen molar-refractivity contribution in [2.24, 2.45) is 0 Å². The molecule has 0 aliphatic rings. The SMILES string of the molecule is CCSCCC(C)Nc1ncncc1Br. The molecule has 15 heavy (non-hydrogen) atoms. The first-order valence-electron chi connectivity index (χ1n) is 5.03. The van der Waals surface area contributed by atoms with Gasteiger partial charge in [0.05, 0.1) is 4.47 Å². The van der Waals surface area contributed by atoms with E-state index in [0.717, 1.165) is 16.7 Å². The van der Waals surface area contributed by atoms with Crippen LogP contribution in [0, 0.1) is 0 Å². The zero-order valence-electron chi connectivity index (χ0n) is 9.03. The van der Waals surface area contributed by atoms with Crippen LogP contribution in [0.2, 0.25) is 0 Å². The van der Waals surface area contributed by atoms with E-state index in [2.05, 4.69) is 45.1 Å². The maximum absolute atomic E-state index is 4.17. The number of nitrogens with zero attached hydrogens (tertiary/aromatic N) is 2. The predicted octanol–water partition coefficient (Wildman–Crippen LogP) is 3.18. The van der Waals surface area contributed by atoms with E-state index < -0.39 is 0 Å². The summed E-state index contributed by atoms with van der Waals surface area (Å²) in [6.45, 7) is 4.36. The van der Waals surface area contributed by atoms with Crippen LogP contribution in [0.15, 0.2) is 17.0 Å². The van der Waals surface area contributed by atoms with Gasteiger partial charge in [-0.25, -0.2) is 9.97 Å². The lowest BCUT2D eigenvalue weighted by Crippen LogP contribution is -2.17. The quantitative estimate of drug-likeness (QED) is 0.817. The van der Waals surface area contributed by atoms with Crippen molar-refractivity contribution in [3.63, 3.8) is 0 Å². The largest absolute Gasteiger partial charge is 0.367 e. The Morgan fingerprint density at radius 3 is 3.07 bits per heavy atom. The Morgan fingerprint density at radius 2 is 2.40 bits per heavy atom. The Balaban J connectivity index is 2.37. The maximum atomic E-state index is 4.17. The molecule has 1 aromatic rings. The van der Waals surface area contributed by atoms with Crippen LogP contribution in [0.25, 0.3) is 0 Å². The zero-order chi connectivity index (χ0) is 11.1. The second kappa shape index (κ2) is 7.06. The Kier molecular flexibility index (Phi) is 6.02. The third-order valence-electron chi connectivity index (χ3n) is 1.95. The summed E-state index contributed by atoms with van der Waals surface area (Å²) < 4.78 is 0.917. The van der Waals surface area contributed by atoms with E-state index in [9.17, 15) is 0 Å². The summed E-state index contributed by atoms with van der Waals surface area (Å²) in [5.74, 6) is 3.25. The molecule has 0 aromatic carbocycles. The summed E-state index contributed by atoms with van der Waals surface area (Å²) in [5.41, 5.74) is 0. The molecule has 5 heteroatoms. The van der Waals surface area contributed by atoms with Gasteiger partial charge in [-0.1, -0.05) is 6.92 Å². The first-order chi connectivity index (χ1) is 7.24. The Labute approximate surface area is 104 Å². The lowest BCUT2D eigenvalue weighted by Gasteiger charge is -2.14. The highest BCUT2D eigenvalue weighted by Gasteiger charge is 2.05. The van der Waals surface area contributed by atoms with Gasteiger partial charge in [0.1, 0.15) is 12.1 Å². The minimum atomic E-state index is 0.440. The monoisotopic (exact) mass is 289 g/mol. The molecule has 0 spiro atoms. The predicted molar refractivity (Wildman–Crippen MR) is 70.4 cm³/mol. The van der Waals surface area contributed by atoms with Crippen LogP contribution in [0.1, 0.15) is 20.3 Å². The number of halogens is 1. The van der Waals surface area contributed by atoms with Crippen molar-refractivity contribution in [3.8, 4) is 0 Å². The normalized spacial score (nSPS) is 12.5. The van der Waals surface area contributed by atoms with Crippen LogP contribution in [0.4, 0.5) is 5.82 Å². The lowest BCUT2D eigenvalue weighted by atomic mass is 10.2. The third-order valence-corrected chi connectivity index (χ3v) is 3.46. The molecule has 0 saturated carbocycles. The average molecular weight is 290 g/mol. The van der Waals surface area contributed by atoms with Gasteiger partial charge < -0.3 is 5.32 Å². The minimum Gasteiger partial charge on any atom is -0.367 e. The van der Waals surface area contributed by atoms with Gasteiger partial charge in [0, 0.05) is 12.2 Å². The van der Waals surface area contributed by atoms with Gasteiger partial charge >= 0.3 is 0 Å². The second-order valence-corrected chi connectivity index (χ2v) is 5.50. The van der Waals surface area contributed by atoms with Gasteiger partial charge in [-0.05, 0) is 40.8 Å². The van der Waals surface area contributed by atoms with E-state index >= 15 is 0 Å². The highest BCUT2D eigenvalue weighted by atomic mass is 79.9. The van der Waals surface area contributed by atoms with E-state index in [-0.39, 0.29) is 0 Å². The Hall–Kier alpha value is -0.290. The molecular formula is C10H16BrN3S. The van der Waals surface area contributed by atoms with Crippen molar-refractivity contribution in [1.82, 2.24) is 9.97 Å². The van der Waals surface area contributed by atoms with E-state index in [1.807, 2.05) is 11.8 Å². The molecule has 3 nitrogen and oxygen atoms in total. The molecule has 1 aromatic heterocycles. The van der Waals surface area contributed by atoms with Crippen molar-refractivity contribution in [1.29, 1.82) is 0 Å². The fraction of sp³-hybridized carbons (Fsp3) is 0.600. The molecular weight excluding hydrogens is 274 g/mol. The van der Waals surface area contributed by atoms with E-state index in [1.54, 1.807) is 12.5 Å². The molecule has 0 aliphatic heterocycles. The topological polar surface area (TPSA) is 37.8 Å². The zero-order valence-corrected chi connectivity index (χ0v) is 11.4. The molecule has 1 heterocycles. The van der Waals surface area contributed by atoms with Crippen molar-refractivity contribution in [2.75, 3.05) is 16.8 Å². The molecule has 0 aliphatic carbocycles. The molecule has 0 bridgehead atoms. The molecule has 1 N–H and O–H groups in total. The summed E-state index contributed by atoms with van der Waals surface area (Å²) in [7, 11) is 0. The van der Waals surface area contributed by atoms with E-state index in [4.69, 9.17) is 0 Å². The van der Waals surface area contributed by atoms with Crippen LogP contribution in [-0.4, -0.2) is 27.5 Å². The molecule has 0 saturated heterocycles. The number of hydrogen-bond acceptors (Lipinski definition) is 4. The minimum absolute atomic E-state index is 0.440. The number of aromatic nitrogens is 2. The highest BCUT2D eigenvalue weighted by Crippen LogP contribution is 2.18. The fourth-order valence-electron chi connectivity index (χ4n) is 1.13. The second-order valence-electron chi connectivity index (χ2n) is 3.25. The van der Waals surface area contributed by atoms with Crippen molar-refractivity contribution >= 4 is 33.5 Å². The summed E-state index contributed by atoms with van der Waals surface area (Å²) in [6.07, 6.45) is 4.46. The molecule has 1 rings (SSSR count). The van der Waals surface area contributed by atoms with Crippen LogP contribution in [0.5, 0.6) is 0 Å². The number of anilines is 1. The smallest absolute Gasteiger partial charge is 0.143 e. The summed E-state index contributed by atoms with van der Waals surface area (Å²) in [4.78, 5) is 8.10. The van der Waals surface area contributed by atoms with Crippen molar-refractivity contribution in [3.05, 3.63) is 17.0 Å². The van der Waals surface area contributed by atoms with Crippen LogP contribution in [-0.2, 0) is 0 Å². The number of hydrogen-bond donors (Lipinski definition) is 1. The van der Waals surface area contributed by atoms with Crippen LogP contribution in [0.3, 0.4) is 0 Å². The average Bonchev–Trinajstić information content (AvgIpc) is 2.22. The van der Waals surface area contributed by atoms with Crippen molar-refractivity contribution < 1.29 is 0 Å². The Bertz CT molecular complexity index is 296. The van der Waals surface area contributed by atoms with Gasteiger partial charge in [-0.2, -0.15) is 11.8 Å². The molecule has 0 radical (unpaired) electrons. The van der Waals surface area contributed by atoms with Gasteiger partial charge in [0.15, 0.2) is 0 Å².